The summed E-state index contributed by atoms with van der Waals surface area (Å²) >= 11 is 11.8. The molecule has 1 heterocycles. The van der Waals surface area contributed by atoms with Crippen LogP contribution in [0.5, 0.6) is 0 Å². The molecule has 0 radical (unpaired) electrons. The summed E-state index contributed by atoms with van der Waals surface area (Å²) in [6.45, 7) is 8.28. The standard InChI is InChI=1S/C10H11N.C8H9Cl2N/c1-8(2)10-6-4-3-5-9(10)7-11;1-5(2)8-6(9)3-11-4-7(8)10/h3-6,8H,1-2H3;3-5H,1-2H3. The highest BCUT2D eigenvalue weighted by atomic mass is 35.5. The van der Waals surface area contributed by atoms with Crippen LogP contribution in [0.3, 0.4) is 0 Å². The fourth-order valence-electron chi connectivity index (χ4n) is 2.08. The SMILES string of the molecule is CC(C)c1c(Cl)cncc1Cl.CC(C)c1ccccc1C#N. The first kappa shape index (κ1) is 18.5. The van der Waals surface area contributed by atoms with Gasteiger partial charge in [-0.05, 0) is 29.0 Å². The van der Waals surface area contributed by atoms with Gasteiger partial charge in [0.05, 0.1) is 21.7 Å². The molecule has 2 aromatic rings. The second kappa shape index (κ2) is 8.78. The number of nitrogens with zero attached hydrogens (tertiary/aromatic N) is 2. The van der Waals surface area contributed by atoms with Crippen LogP contribution in [-0.2, 0) is 0 Å². The maximum Gasteiger partial charge on any atom is 0.0994 e. The van der Waals surface area contributed by atoms with E-state index in [1.807, 2.05) is 38.1 Å². The second-order valence-corrected chi connectivity index (χ2v) is 6.34. The number of hydrogen-bond donors (Lipinski definition) is 0. The Balaban J connectivity index is 0.000000220. The molecular weight excluding hydrogens is 315 g/mol. The third-order valence-electron chi connectivity index (χ3n) is 3.17. The van der Waals surface area contributed by atoms with Crippen LogP contribution in [0.2, 0.25) is 10.0 Å². The van der Waals surface area contributed by atoms with Gasteiger partial charge in [-0.25, -0.2) is 0 Å². The Kier molecular flexibility index (Phi) is 7.38. The molecule has 22 heavy (non-hydrogen) atoms. The minimum Gasteiger partial charge on any atom is -0.262 e. The first-order chi connectivity index (χ1) is 10.4. The van der Waals surface area contributed by atoms with Crippen molar-refractivity contribution in [2.24, 2.45) is 0 Å². The van der Waals surface area contributed by atoms with E-state index < -0.39 is 0 Å². The van der Waals surface area contributed by atoms with E-state index in [-0.39, 0.29) is 0 Å². The van der Waals surface area contributed by atoms with Crippen molar-refractivity contribution >= 4 is 23.2 Å². The molecular formula is C18H20Cl2N2. The highest BCUT2D eigenvalue weighted by Crippen LogP contribution is 2.29. The van der Waals surface area contributed by atoms with Crippen LogP contribution in [0.25, 0.3) is 0 Å². The minimum atomic E-state index is 0.345. The lowest BCUT2D eigenvalue weighted by atomic mass is 9.98. The number of pyridine rings is 1. The van der Waals surface area contributed by atoms with Gasteiger partial charge in [0.15, 0.2) is 0 Å². The first-order valence-corrected chi connectivity index (χ1v) is 7.92. The largest absolute Gasteiger partial charge is 0.262 e. The molecule has 2 nitrogen and oxygen atoms in total. The molecule has 0 aliphatic carbocycles. The van der Waals surface area contributed by atoms with Gasteiger partial charge in [-0.1, -0.05) is 69.1 Å². The van der Waals surface area contributed by atoms with Crippen LogP contribution in [0.1, 0.15) is 56.2 Å². The van der Waals surface area contributed by atoms with E-state index >= 15 is 0 Å². The van der Waals surface area contributed by atoms with Gasteiger partial charge in [0.25, 0.3) is 0 Å². The Hall–Kier alpha value is -1.56. The van der Waals surface area contributed by atoms with Crippen molar-refractivity contribution < 1.29 is 0 Å². The summed E-state index contributed by atoms with van der Waals surface area (Å²) in [5.74, 6) is 0.781. The predicted molar refractivity (Wildman–Crippen MR) is 93.6 cm³/mol. The van der Waals surface area contributed by atoms with Crippen LogP contribution in [0.4, 0.5) is 0 Å². The molecule has 0 amide bonds. The lowest BCUT2D eigenvalue weighted by Crippen LogP contribution is -1.91. The molecule has 0 atom stereocenters. The van der Waals surface area contributed by atoms with Crippen molar-refractivity contribution in [1.82, 2.24) is 4.98 Å². The molecule has 0 saturated carbocycles. The molecule has 2 rings (SSSR count). The van der Waals surface area contributed by atoms with Crippen molar-refractivity contribution in [3.05, 3.63) is 63.4 Å². The molecule has 0 bridgehead atoms. The lowest BCUT2D eigenvalue weighted by molar-refractivity contribution is 0.862. The van der Waals surface area contributed by atoms with E-state index in [1.165, 1.54) is 0 Å². The average Bonchev–Trinajstić information content (AvgIpc) is 2.47. The van der Waals surface area contributed by atoms with Crippen molar-refractivity contribution in [2.45, 2.75) is 39.5 Å². The fraction of sp³-hybridized carbons (Fsp3) is 0.333. The Morgan fingerprint density at radius 2 is 1.50 bits per heavy atom. The Morgan fingerprint density at radius 3 is 1.86 bits per heavy atom. The van der Waals surface area contributed by atoms with Gasteiger partial charge < -0.3 is 0 Å². The molecule has 0 fully saturated rings. The van der Waals surface area contributed by atoms with Crippen molar-refractivity contribution in [3.63, 3.8) is 0 Å². The highest BCUT2D eigenvalue weighted by molar-refractivity contribution is 6.35. The molecule has 0 spiro atoms. The maximum absolute atomic E-state index is 8.72. The molecule has 4 heteroatoms. The quantitative estimate of drug-likeness (QED) is 0.656. The van der Waals surface area contributed by atoms with Crippen LogP contribution >= 0.6 is 23.2 Å². The molecule has 116 valence electrons. The van der Waals surface area contributed by atoms with Gasteiger partial charge in [0.2, 0.25) is 0 Å². The molecule has 0 saturated heterocycles. The minimum absolute atomic E-state index is 0.345. The van der Waals surface area contributed by atoms with Gasteiger partial charge in [-0.2, -0.15) is 5.26 Å². The summed E-state index contributed by atoms with van der Waals surface area (Å²) in [7, 11) is 0. The van der Waals surface area contributed by atoms with Gasteiger partial charge in [-0.3, -0.25) is 4.98 Å². The number of halogens is 2. The van der Waals surface area contributed by atoms with Crippen molar-refractivity contribution in [2.75, 3.05) is 0 Å². The zero-order valence-electron chi connectivity index (χ0n) is 13.3. The summed E-state index contributed by atoms with van der Waals surface area (Å²) in [5.41, 5.74) is 2.90. The smallest absolute Gasteiger partial charge is 0.0994 e. The number of hydrogen-bond acceptors (Lipinski definition) is 2. The number of aromatic nitrogens is 1. The Bertz CT molecular complexity index is 638. The third kappa shape index (κ3) is 5.02. The number of nitriles is 1. The molecule has 0 unspecified atom stereocenters. The zero-order chi connectivity index (χ0) is 16.7. The summed E-state index contributed by atoms with van der Waals surface area (Å²) in [5, 5.41) is 10.0. The molecule has 0 aliphatic rings. The highest BCUT2D eigenvalue weighted by Gasteiger charge is 2.08. The second-order valence-electron chi connectivity index (χ2n) is 5.53. The fourth-order valence-corrected chi connectivity index (χ4v) is 2.88. The predicted octanol–water partition coefficient (Wildman–Crippen LogP) is 6.19. The first-order valence-electron chi connectivity index (χ1n) is 7.16. The molecule has 0 N–H and O–H groups in total. The van der Waals surface area contributed by atoms with Crippen LogP contribution < -0.4 is 0 Å². The van der Waals surface area contributed by atoms with Gasteiger partial charge in [0.1, 0.15) is 0 Å². The van der Waals surface area contributed by atoms with E-state index in [2.05, 4.69) is 24.9 Å². The normalized spacial score (nSPS) is 10.1. The van der Waals surface area contributed by atoms with Crippen LogP contribution in [0.15, 0.2) is 36.7 Å². The van der Waals surface area contributed by atoms with E-state index in [1.54, 1.807) is 12.4 Å². The number of rotatable bonds is 2. The molecule has 0 aliphatic heterocycles. The van der Waals surface area contributed by atoms with E-state index in [4.69, 9.17) is 28.5 Å². The molecule has 1 aromatic carbocycles. The van der Waals surface area contributed by atoms with Crippen molar-refractivity contribution in [1.29, 1.82) is 5.26 Å². The summed E-state index contributed by atoms with van der Waals surface area (Å²) in [4.78, 5) is 3.86. The lowest BCUT2D eigenvalue weighted by Gasteiger charge is -2.08. The molecule has 1 aromatic heterocycles. The van der Waals surface area contributed by atoms with Crippen LogP contribution in [-0.4, -0.2) is 4.98 Å². The van der Waals surface area contributed by atoms with Gasteiger partial charge in [0, 0.05) is 12.4 Å². The van der Waals surface area contributed by atoms with Gasteiger partial charge >= 0.3 is 0 Å². The van der Waals surface area contributed by atoms with Gasteiger partial charge in [-0.15, -0.1) is 0 Å². The van der Waals surface area contributed by atoms with Crippen molar-refractivity contribution in [3.8, 4) is 6.07 Å². The maximum atomic E-state index is 8.72. The Labute approximate surface area is 142 Å². The zero-order valence-corrected chi connectivity index (χ0v) is 14.8. The monoisotopic (exact) mass is 334 g/mol. The van der Waals surface area contributed by atoms with E-state index in [0.29, 0.717) is 21.9 Å². The summed E-state index contributed by atoms with van der Waals surface area (Å²) < 4.78 is 0. The average molecular weight is 335 g/mol. The Morgan fingerprint density at radius 1 is 0.955 bits per heavy atom. The van der Waals surface area contributed by atoms with E-state index in [9.17, 15) is 0 Å². The number of benzene rings is 1. The van der Waals surface area contributed by atoms with E-state index in [0.717, 1.165) is 16.7 Å². The summed E-state index contributed by atoms with van der Waals surface area (Å²) in [6, 6.07) is 9.90. The topological polar surface area (TPSA) is 36.7 Å². The third-order valence-corrected chi connectivity index (χ3v) is 3.77. The van der Waals surface area contributed by atoms with Crippen LogP contribution in [0, 0.1) is 11.3 Å². The summed E-state index contributed by atoms with van der Waals surface area (Å²) in [6.07, 6.45) is 3.23.